The second-order valence-electron chi connectivity index (χ2n) is 6.75. The first kappa shape index (κ1) is 16.3. The highest BCUT2D eigenvalue weighted by Gasteiger charge is 2.40. The van der Waals surface area contributed by atoms with Gasteiger partial charge >= 0.3 is 0 Å². The molecule has 1 aromatic carbocycles. The number of hydrogen-bond donors (Lipinski definition) is 1. The number of benzene rings is 1. The number of anilines is 1. The van der Waals surface area contributed by atoms with Crippen LogP contribution in [-0.2, 0) is 0 Å². The van der Waals surface area contributed by atoms with Crippen LogP contribution in [0.25, 0.3) is 0 Å². The van der Waals surface area contributed by atoms with Crippen LogP contribution in [0.15, 0.2) is 24.3 Å². The molecule has 0 radical (unpaired) electrons. The van der Waals surface area contributed by atoms with Crippen LogP contribution in [0.3, 0.4) is 0 Å². The van der Waals surface area contributed by atoms with Crippen molar-refractivity contribution in [3.63, 3.8) is 0 Å². The van der Waals surface area contributed by atoms with E-state index < -0.39 is 0 Å². The molecular weight excluding hydrogens is 263 g/mol. The summed E-state index contributed by atoms with van der Waals surface area (Å²) in [4.78, 5) is 2.34. The van der Waals surface area contributed by atoms with E-state index in [2.05, 4.69) is 25.7 Å². The number of likely N-dealkylation sites (N-methyl/N-ethyl adjacent to an activating group) is 1. The normalized spacial score (nSPS) is 26.1. The van der Waals surface area contributed by atoms with Crippen molar-refractivity contribution in [3.8, 4) is 0 Å². The van der Waals surface area contributed by atoms with E-state index in [1.807, 2.05) is 6.07 Å². The highest BCUT2D eigenvalue weighted by molar-refractivity contribution is 5.49. The van der Waals surface area contributed by atoms with Crippen LogP contribution in [0.2, 0.25) is 0 Å². The standard InChI is InChI=1S/C18H29FN2/c1-4-21(17-9-5-8-16(19)11-17)18(13-20)10-6-7-15(12-18)14(2)3/h5,8-9,11,14-15H,4,6-7,10,12-13,20H2,1-3H3. The Morgan fingerprint density at radius 2 is 2.19 bits per heavy atom. The van der Waals surface area contributed by atoms with Gasteiger partial charge in [0.25, 0.3) is 0 Å². The summed E-state index contributed by atoms with van der Waals surface area (Å²) in [6.07, 6.45) is 4.73. The maximum absolute atomic E-state index is 13.6. The number of halogens is 1. The van der Waals surface area contributed by atoms with Crippen LogP contribution in [0.4, 0.5) is 10.1 Å². The van der Waals surface area contributed by atoms with E-state index in [0.717, 1.165) is 25.1 Å². The van der Waals surface area contributed by atoms with Gasteiger partial charge in [-0.15, -0.1) is 0 Å². The number of nitrogens with two attached hydrogens (primary N) is 1. The van der Waals surface area contributed by atoms with E-state index >= 15 is 0 Å². The van der Waals surface area contributed by atoms with Gasteiger partial charge in [-0.3, -0.25) is 0 Å². The van der Waals surface area contributed by atoms with Gasteiger partial charge < -0.3 is 10.6 Å². The molecule has 21 heavy (non-hydrogen) atoms. The Balaban J connectivity index is 2.32. The number of nitrogens with zero attached hydrogens (tertiary/aromatic N) is 1. The minimum atomic E-state index is -0.172. The van der Waals surface area contributed by atoms with E-state index in [0.29, 0.717) is 18.4 Å². The van der Waals surface area contributed by atoms with E-state index in [1.165, 1.54) is 18.9 Å². The van der Waals surface area contributed by atoms with Crippen LogP contribution in [0.5, 0.6) is 0 Å². The minimum absolute atomic E-state index is 0.0181. The molecule has 2 rings (SSSR count). The van der Waals surface area contributed by atoms with Gasteiger partial charge in [-0.1, -0.05) is 32.8 Å². The molecule has 2 atom stereocenters. The summed E-state index contributed by atoms with van der Waals surface area (Å²) in [5.74, 6) is 1.22. The third-order valence-electron chi connectivity index (χ3n) is 5.19. The van der Waals surface area contributed by atoms with Crippen LogP contribution in [-0.4, -0.2) is 18.6 Å². The third-order valence-corrected chi connectivity index (χ3v) is 5.19. The zero-order valence-corrected chi connectivity index (χ0v) is 13.6. The smallest absolute Gasteiger partial charge is 0.125 e. The van der Waals surface area contributed by atoms with Crippen molar-refractivity contribution < 1.29 is 4.39 Å². The molecule has 0 aromatic heterocycles. The lowest BCUT2D eigenvalue weighted by atomic mass is 9.70. The second kappa shape index (κ2) is 6.78. The van der Waals surface area contributed by atoms with Gasteiger partial charge in [0.2, 0.25) is 0 Å². The Hall–Kier alpha value is -1.09. The molecule has 1 aliphatic rings. The first-order valence-electron chi connectivity index (χ1n) is 8.25. The Bertz CT molecular complexity index is 460. The highest BCUT2D eigenvalue weighted by atomic mass is 19.1. The Morgan fingerprint density at radius 3 is 2.76 bits per heavy atom. The van der Waals surface area contributed by atoms with Gasteiger partial charge in [-0.05, 0) is 49.8 Å². The lowest BCUT2D eigenvalue weighted by Crippen LogP contribution is -2.57. The molecule has 2 N–H and O–H groups in total. The molecule has 0 aliphatic heterocycles. The molecule has 1 aromatic rings. The summed E-state index contributed by atoms with van der Waals surface area (Å²) in [6.45, 7) is 8.25. The minimum Gasteiger partial charge on any atom is -0.365 e. The van der Waals surface area contributed by atoms with Crippen molar-refractivity contribution >= 4 is 5.69 Å². The largest absolute Gasteiger partial charge is 0.365 e. The van der Waals surface area contributed by atoms with Crippen molar-refractivity contribution in [1.82, 2.24) is 0 Å². The molecule has 1 fully saturated rings. The highest BCUT2D eigenvalue weighted by Crippen LogP contribution is 2.41. The quantitative estimate of drug-likeness (QED) is 0.881. The van der Waals surface area contributed by atoms with Gasteiger partial charge in [-0.25, -0.2) is 4.39 Å². The summed E-state index contributed by atoms with van der Waals surface area (Å²) in [5.41, 5.74) is 7.16. The summed E-state index contributed by atoms with van der Waals surface area (Å²) in [7, 11) is 0. The Kier molecular flexibility index (Phi) is 5.26. The molecule has 1 saturated carbocycles. The zero-order chi connectivity index (χ0) is 15.5. The fraction of sp³-hybridized carbons (Fsp3) is 0.667. The molecule has 2 nitrogen and oxygen atoms in total. The molecule has 0 amide bonds. The Labute approximate surface area is 128 Å². The lowest BCUT2D eigenvalue weighted by Gasteiger charge is -2.50. The van der Waals surface area contributed by atoms with E-state index in [4.69, 9.17) is 5.73 Å². The zero-order valence-electron chi connectivity index (χ0n) is 13.6. The first-order valence-corrected chi connectivity index (χ1v) is 8.25. The molecule has 0 bridgehead atoms. The van der Waals surface area contributed by atoms with Crippen LogP contribution >= 0.6 is 0 Å². The molecule has 0 spiro atoms. The fourth-order valence-electron chi connectivity index (χ4n) is 3.93. The van der Waals surface area contributed by atoms with Crippen LogP contribution in [0.1, 0.15) is 46.5 Å². The molecule has 1 aliphatic carbocycles. The topological polar surface area (TPSA) is 29.3 Å². The average molecular weight is 292 g/mol. The predicted molar refractivity (Wildman–Crippen MR) is 88.0 cm³/mol. The number of rotatable bonds is 5. The number of hydrogen-bond acceptors (Lipinski definition) is 2. The SMILES string of the molecule is CCN(c1cccc(F)c1)C1(CN)CCCC(C(C)C)C1. The molecule has 0 heterocycles. The van der Waals surface area contributed by atoms with Gasteiger partial charge in [0.1, 0.15) is 5.82 Å². The van der Waals surface area contributed by atoms with Crippen molar-refractivity contribution in [2.24, 2.45) is 17.6 Å². The summed E-state index contributed by atoms with van der Waals surface area (Å²) in [6, 6.07) is 6.94. The summed E-state index contributed by atoms with van der Waals surface area (Å²) >= 11 is 0. The van der Waals surface area contributed by atoms with Crippen molar-refractivity contribution in [3.05, 3.63) is 30.1 Å². The van der Waals surface area contributed by atoms with Crippen LogP contribution in [0, 0.1) is 17.7 Å². The van der Waals surface area contributed by atoms with Crippen molar-refractivity contribution in [2.45, 2.75) is 52.0 Å². The van der Waals surface area contributed by atoms with Gasteiger partial charge in [-0.2, -0.15) is 0 Å². The van der Waals surface area contributed by atoms with Crippen molar-refractivity contribution in [1.29, 1.82) is 0 Å². The Morgan fingerprint density at radius 1 is 1.43 bits per heavy atom. The first-order chi connectivity index (χ1) is 10.0. The monoisotopic (exact) mass is 292 g/mol. The second-order valence-corrected chi connectivity index (χ2v) is 6.75. The summed E-state index contributed by atoms with van der Waals surface area (Å²) in [5, 5.41) is 0. The van der Waals surface area contributed by atoms with E-state index in [1.54, 1.807) is 12.1 Å². The van der Waals surface area contributed by atoms with Crippen molar-refractivity contribution in [2.75, 3.05) is 18.0 Å². The predicted octanol–water partition coefficient (Wildman–Crippen LogP) is 4.20. The maximum Gasteiger partial charge on any atom is 0.125 e. The molecule has 2 unspecified atom stereocenters. The summed E-state index contributed by atoms with van der Waals surface area (Å²) < 4.78 is 13.6. The van der Waals surface area contributed by atoms with Gasteiger partial charge in [0, 0.05) is 18.8 Å². The molecular formula is C18H29FN2. The third kappa shape index (κ3) is 3.39. The fourth-order valence-corrected chi connectivity index (χ4v) is 3.93. The molecule has 0 saturated heterocycles. The van der Waals surface area contributed by atoms with Crippen LogP contribution < -0.4 is 10.6 Å². The molecule has 3 heteroatoms. The molecule has 118 valence electrons. The van der Waals surface area contributed by atoms with E-state index in [-0.39, 0.29) is 11.4 Å². The van der Waals surface area contributed by atoms with Gasteiger partial charge in [0.05, 0.1) is 5.54 Å². The van der Waals surface area contributed by atoms with Gasteiger partial charge in [0.15, 0.2) is 0 Å². The average Bonchev–Trinajstić information content (AvgIpc) is 2.48. The lowest BCUT2D eigenvalue weighted by molar-refractivity contribution is 0.179. The maximum atomic E-state index is 13.6. The van der Waals surface area contributed by atoms with E-state index in [9.17, 15) is 4.39 Å².